The van der Waals surface area contributed by atoms with Crippen molar-refractivity contribution in [3.8, 4) is 0 Å². The van der Waals surface area contributed by atoms with E-state index in [9.17, 15) is 0 Å². The van der Waals surface area contributed by atoms with E-state index in [0.29, 0.717) is 10.0 Å². The zero-order chi connectivity index (χ0) is 14.6. The van der Waals surface area contributed by atoms with Crippen LogP contribution in [0.3, 0.4) is 0 Å². The minimum atomic E-state index is 0.257. The van der Waals surface area contributed by atoms with Gasteiger partial charge in [-0.15, -0.1) is 0 Å². The molecule has 2 nitrogen and oxygen atoms in total. The summed E-state index contributed by atoms with van der Waals surface area (Å²) in [5.74, 6) is 0. The lowest BCUT2D eigenvalue weighted by molar-refractivity contribution is 0.191. The van der Waals surface area contributed by atoms with Gasteiger partial charge in [-0.2, -0.15) is 0 Å². The highest BCUT2D eigenvalue weighted by molar-refractivity contribution is 6.42. The van der Waals surface area contributed by atoms with E-state index in [1.54, 1.807) is 0 Å². The number of hydrogen-bond donors (Lipinski definition) is 1. The maximum Gasteiger partial charge on any atom is 0.0595 e. The largest absolute Gasteiger partial charge is 0.310 e. The molecular weight excluding hydrogens is 291 g/mol. The monoisotopic (exact) mass is 314 g/mol. The highest BCUT2D eigenvalue weighted by atomic mass is 35.5. The van der Waals surface area contributed by atoms with Crippen molar-refractivity contribution in [3.05, 3.63) is 33.8 Å². The predicted molar refractivity (Wildman–Crippen MR) is 87.7 cm³/mol. The van der Waals surface area contributed by atoms with E-state index in [0.717, 1.165) is 26.2 Å². The Balaban J connectivity index is 2.08. The maximum atomic E-state index is 6.11. The van der Waals surface area contributed by atoms with Crippen molar-refractivity contribution in [3.63, 3.8) is 0 Å². The molecule has 112 valence electrons. The van der Waals surface area contributed by atoms with E-state index in [2.05, 4.69) is 30.1 Å². The summed E-state index contributed by atoms with van der Waals surface area (Å²) in [5.41, 5.74) is 1.50. The van der Waals surface area contributed by atoms with E-state index >= 15 is 0 Å². The predicted octanol–water partition coefficient (Wildman–Crippen LogP) is 4.35. The first-order valence-corrected chi connectivity index (χ1v) is 8.25. The van der Waals surface area contributed by atoms with E-state index in [1.807, 2.05) is 12.1 Å². The minimum absolute atomic E-state index is 0.257. The second-order valence-electron chi connectivity index (χ2n) is 5.73. The summed E-state index contributed by atoms with van der Waals surface area (Å²) < 4.78 is 0. The van der Waals surface area contributed by atoms with Crippen molar-refractivity contribution in [2.24, 2.45) is 0 Å². The Labute approximate surface area is 132 Å². The molecule has 0 amide bonds. The van der Waals surface area contributed by atoms with E-state index in [1.165, 1.54) is 24.8 Å². The average molecular weight is 315 g/mol. The maximum absolute atomic E-state index is 6.11. The Morgan fingerprint density at radius 3 is 2.60 bits per heavy atom. The number of halogens is 2. The molecule has 4 heteroatoms. The van der Waals surface area contributed by atoms with Crippen LogP contribution in [0.5, 0.6) is 0 Å². The summed E-state index contributed by atoms with van der Waals surface area (Å²) in [5, 5.41) is 5.02. The van der Waals surface area contributed by atoms with Crippen molar-refractivity contribution in [1.82, 2.24) is 10.2 Å². The van der Waals surface area contributed by atoms with Gasteiger partial charge in [0.05, 0.1) is 10.0 Å². The van der Waals surface area contributed by atoms with Gasteiger partial charge in [0.1, 0.15) is 0 Å². The van der Waals surface area contributed by atoms with Crippen molar-refractivity contribution in [2.45, 2.75) is 45.2 Å². The van der Waals surface area contributed by atoms with Gasteiger partial charge in [0.2, 0.25) is 0 Å². The van der Waals surface area contributed by atoms with Crippen molar-refractivity contribution in [2.75, 3.05) is 19.6 Å². The van der Waals surface area contributed by atoms with Crippen LogP contribution in [-0.2, 0) is 6.54 Å². The minimum Gasteiger partial charge on any atom is -0.310 e. The van der Waals surface area contributed by atoms with Crippen LogP contribution in [0.4, 0.5) is 0 Å². The van der Waals surface area contributed by atoms with Crippen LogP contribution in [0.1, 0.15) is 38.7 Å². The van der Waals surface area contributed by atoms with Crippen molar-refractivity contribution < 1.29 is 0 Å². The Morgan fingerprint density at radius 2 is 1.95 bits per heavy atom. The van der Waals surface area contributed by atoms with Crippen LogP contribution >= 0.6 is 23.2 Å². The molecule has 20 heavy (non-hydrogen) atoms. The molecule has 0 spiro atoms. The van der Waals surface area contributed by atoms with Gasteiger partial charge in [-0.25, -0.2) is 0 Å². The van der Waals surface area contributed by atoms with Crippen molar-refractivity contribution in [1.29, 1.82) is 0 Å². The summed E-state index contributed by atoms with van der Waals surface area (Å²) in [6.07, 6.45) is 3.53. The summed E-state index contributed by atoms with van der Waals surface area (Å²) in [6, 6.07) is 5.95. The molecule has 1 aromatic rings. The molecule has 1 aliphatic heterocycles. The van der Waals surface area contributed by atoms with E-state index in [4.69, 9.17) is 23.2 Å². The number of rotatable bonds is 4. The van der Waals surface area contributed by atoms with E-state index < -0.39 is 0 Å². The Bertz CT molecular complexity index is 444. The standard InChI is InChI=1S/C16H24Cl2N2/c1-3-16(4-2)12-20(9-5-8-19-16)11-13-6-7-14(17)15(18)10-13/h6-7,10,19H,3-5,8-9,11-12H2,1-2H3. The highest BCUT2D eigenvalue weighted by Gasteiger charge is 2.30. The lowest BCUT2D eigenvalue weighted by Gasteiger charge is -2.35. The third-order valence-corrected chi connectivity index (χ3v) is 5.16. The molecule has 0 saturated carbocycles. The van der Waals surface area contributed by atoms with Gasteiger partial charge in [0.25, 0.3) is 0 Å². The van der Waals surface area contributed by atoms with Crippen LogP contribution in [0.2, 0.25) is 10.0 Å². The fourth-order valence-electron chi connectivity index (χ4n) is 2.97. The van der Waals surface area contributed by atoms with Gasteiger partial charge in [0.15, 0.2) is 0 Å². The van der Waals surface area contributed by atoms with Crippen LogP contribution in [0.25, 0.3) is 0 Å². The topological polar surface area (TPSA) is 15.3 Å². The fourth-order valence-corrected chi connectivity index (χ4v) is 3.29. The number of nitrogens with zero attached hydrogens (tertiary/aromatic N) is 1. The fraction of sp³-hybridized carbons (Fsp3) is 0.625. The van der Waals surface area contributed by atoms with Gasteiger partial charge < -0.3 is 5.32 Å². The molecule has 1 saturated heterocycles. The molecule has 0 bridgehead atoms. The van der Waals surface area contributed by atoms with Crippen LogP contribution < -0.4 is 5.32 Å². The summed E-state index contributed by atoms with van der Waals surface area (Å²) >= 11 is 12.1. The van der Waals surface area contributed by atoms with Gasteiger partial charge in [0, 0.05) is 18.6 Å². The molecule has 1 aliphatic rings. The SMILES string of the molecule is CCC1(CC)CN(Cc2ccc(Cl)c(Cl)c2)CCCN1. The lowest BCUT2D eigenvalue weighted by Crippen LogP contribution is -2.50. The lowest BCUT2D eigenvalue weighted by atomic mass is 9.92. The third kappa shape index (κ3) is 3.88. The summed E-state index contributed by atoms with van der Waals surface area (Å²) in [6.45, 7) is 8.84. The molecule has 0 aromatic heterocycles. The molecule has 2 rings (SSSR count). The van der Waals surface area contributed by atoms with Gasteiger partial charge in [-0.05, 0) is 50.0 Å². The van der Waals surface area contributed by atoms with E-state index in [-0.39, 0.29) is 5.54 Å². The summed E-state index contributed by atoms with van der Waals surface area (Å²) in [4.78, 5) is 2.53. The molecule has 1 fully saturated rings. The summed E-state index contributed by atoms with van der Waals surface area (Å²) in [7, 11) is 0. The molecule has 0 unspecified atom stereocenters. The Kier molecular flexibility index (Phi) is 5.74. The second-order valence-corrected chi connectivity index (χ2v) is 6.54. The van der Waals surface area contributed by atoms with Gasteiger partial charge >= 0.3 is 0 Å². The second kappa shape index (κ2) is 7.13. The Hall–Kier alpha value is -0.280. The number of nitrogens with one attached hydrogen (secondary N) is 1. The molecule has 1 N–H and O–H groups in total. The first-order chi connectivity index (χ1) is 9.58. The molecular formula is C16H24Cl2N2. The van der Waals surface area contributed by atoms with Crippen LogP contribution in [0.15, 0.2) is 18.2 Å². The first kappa shape index (κ1) is 16.1. The molecule has 0 radical (unpaired) electrons. The zero-order valence-electron chi connectivity index (χ0n) is 12.4. The van der Waals surface area contributed by atoms with Crippen molar-refractivity contribution >= 4 is 23.2 Å². The molecule has 1 aromatic carbocycles. The smallest absolute Gasteiger partial charge is 0.0595 e. The Morgan fingerprint density at radius 1 is 1.20 bits per heavy atom. The average Bonchev–Trinajstić information content (AvgIpc) is 2.66. The number of benzene rings is 1. The molecule has 1 heterocycles. The van der Waals surface area contributed by atoms with Crippen LogP contribution in [-0.4, -0.2) is 30.1 Å². The molecule has 0 aliphatic carbocycles. The zero-order valence-corrected chi connectivity index (χ0v) is 13.9. The van der Waals surface area contributed by atoms with Crippen LogP contribution in [0, 0.1) is 0 Å². The highest BCUT2D eigenvalue weighted by Crippen LogP contribution is 2.25. The third-order valence-electron chi connectivity index (χ3n) is 4.42. The normalized spacial score (nSPS) is 19.8. The first-order valence-electron chi connectivity index (χ1n) is 7.50. The number of hydrogen-bond acceptors (Lipinski definition) is 2. The quantitative estimate of drug-likeness (QED) is 0.889. The molecule has 0 atom stereocenters. The van der Waals surface area contributed by atoms with Gasteiger partial charge in [-0.1, -0.05) is 43.1 Å². The van der Waals surface area contributed by atoms with Gasteiger partial charge in [-0.3, -0.25) is 4.90 Å².